The van der Waals surface area contributed by atoms with Crippen molar-refractivity contribution in [2.24, 2.45) is 0 Å². The van der Waals surface area contributed by atoms with Gasteiger partial charge in [0.25, 0.3) is 0 Å². The Morgan fingerprint density at radius 1 is 1.00 bits per heavy atom. The summed E-state index contributed by atoms with van der Waals surface area (Å²) in [7, 11) is 2.72. The van der Waals surface area contributed by atoms with E-state index >= 15 is 0 Å². The molecule has 4 heteroatoms. The maximum atomic E-state index is 8.35. The number of ether oxygens (including phenoxy) is 2. The summed E-state index contributed by atoms with van der Waals surface area (Å²) >= 11 is 0. The van der Waals surface area contributed by atoms with Crippen LogP contribution in [0.25, 0.3) is 0 Å². The molecule has 0 bridgehead atoms. The minimum absolute atomic E-state index is 0.796. The van der Waals surface area contributed by atoms with Gasteiger partial charge in [0.1, 0.15) is 0 Å². The van der Waals surface area contributed by atoms with Crippen molar-refractivity contribution in [2.45, 2.75) is 12.2 Å². The van der Waals surface area contributed by atoms with Crippen molar-refractivity contribution in [3.05, 3.63) is 0 Å². The molecule has 4 nitrogen and oxygen atoms in total. The quantitative estimate of drug-likeness (QED) is 0.556. The van der Waals surface area contributed by atoms with Gasteiger partial charge in [-0.15, -0.1) is 0 Å². The van der Waals surface area contributed by atoms with E-state index in [1.54, 1.807) is 12.1 Å². The van der Waals surface area contributed by atoms with Crippen LogP contribution >= 0.6 is 0 Å². The molecule has 0 amide bonds. The molecule has 0 spiro atoms. The van der Waals surface area contributed by atoms with E-state index in [9.17, 15) is 0 Å². The summed E-state index contributed by atoms with van der Waals surface area (Å²) in [6, 6.07) is 3.57. The SMILES string of the molecule is COC(C#N)C(C#N)OC. The Morgan fingerprint density at radius 3 is 1.40 bits per heavy atom. The molecule has 0 N–H and O–H groups in total. The number of rotatable bonds is 3. The minimum atomic E-state index is -0.796. The lowest BCUT2D eigenvalue weighted by atomic mass is 10.2. The van der Waals surface area contributed by atoms with Gasteiger partial charge in [-0.1, -0.05) is 0 Å². The van der Waals surface area contributed by atoms with E-state index in [2.05, 4.69) is 9.47 Å². The van der Waals surface area contributed by atoms with Crippen molar-refractivity contribution < 1.29 is 9.47 Å². The van der Waals surface area contributed by atoms with Crippen LogP contribution in [0.4, 0.5) is 0 Å². The standard InChI is InChI=1S/C6H8N2O2/c1-9-5(3-7)6(4-8)10-2/h5-6H,1-2H3. The molecule has 54 valence electrons. The molecule has 0 aromatic rings. The summed E-state index contributed by atoms with van der Waals surface area (Å²) in [4.78, 5) is 0. The molecule has 0 aromatic carbocycles. The van der Waals surface area contributed by atoms with Crippen LogP contribution in [0.5, 0.6) is 0 Å². The van der Waals surface area contributed by atoms with Crippen LogP contribution in [0.1, 0.15) is 0 Å². The second kappa shape index (κ2) is 4.75. The lowest BCUT2D eigenvalue weighted by Crippen LogP contribution is -2.26. The molecule has 2 atom stereocenters. The van der Waals surface area contributed by atoms with Crippen LogP contribution in [0.3, 0.4) is 0 Å². The molecule has 0 rings (SSSR count). The highest BCUT2D eigenvalue weighted by molar-refractivity contribution is 5.01. The van der Waals surface area contributed by atoms with Crippen molar-refractivity contribution >= 4 is 0 Å². The summed E-state index contributed by atoms with van der Waals surface area (Å²) in [5.74, 6) is 0. The molecule has 0 fully saturated rings. The van der Waals surface area contributed by atoms with Gasteiger partial charge in [-0.2, -0.15) is 10.5 Å². The maximum absolute atomic E-state index is 8.35. The molecule has 0 aliphatic heterocycles. The molecule has 10 heavy (non-hydrogen) atoms. The average Bonchev–Trinajstić information content (AvgIpc) is 2.00. The van der Waals surface area contributed by atoms with E-state index < -0.39 is 12.2 Å². The second-order valence-electron chi connectivity index (χ2n) is 1.57. The Labute approximate surface area is 59.6 Å². The highest BCUT2D eigenvalue weighted by Gasteiger charge is 2.18. The zero-order valence-corrected chi connectivity index (χ0v) is 5.87. The Bertz CT molecular complexity index is 148. The number of nitriles is 2. The third kappa shape index (κ3) is 2.02. The van der Waals surface area contributed by atoms with Gasteiger partial charge >= 0.3 is 0 Å². The first kappa shape index (κ1) is 8.90. The molecular weight excluding hydrogens is 132 g/mol. The van der Waals surface area contributed by atoms with E-state index in [1.807, 2.05) is 0 Å². The first-order valence-electron chi connectivity index (χ1n) is 2.65. The van der Waals surface area contributed by atoms with E-state index in [0.29, 0.717) is 0 Å². The fourth-order valence-corrected chi connectivity index (χ4v) is 0.488. The van der Waals surface area contributed by atoms with Crippen LogP contribution in [-0.2, 0) is 9.47 Å². The maximum Gasteiger partial charge on any atom is 0.182 e. The van der Waals surface area contributed by atoms with Gasteiger partial charge in [-0.25, -0.2) is 0 Å². The fourth-order valence-electron chi connectivity index (χ4n) is 0.488. The van der Waals surface area contributed by atoms with Crippen molar-refractivity contribution in [2.75, 3.05) is 14.2 Å². The number of nitrogens with zero attached hydrogens (tertiary/aromatic N) is 2. The van der Waals surface area contributed by atoms with Crippen LogP contribution in [0, 0.1) is 22.7 Å². The zero-order valence-electron chi connectivity index (χ0n) is 5.87. The van der Waals surface area contributed by atoms with Gasteiger partial charge in [0, 0.05) is 14.2 Å². The van der Waals surface area contributed by atoms with Gasteiger partial charge in [0.05, 0.1) is 12.1 Å². The molecule has 0 saturated heterocycles. The molecule has 0 aliphatic rings. The number of hydrogen-bond acceptors (Lipinski definition) is 4. The molecular formula is C6H8N2O2. The summed E-state index contributed by atoms with van der Waals surface area (Å²) in [5, 5.41) is 16.7. The minimum Gasteiger partial charge on any atom is -0.363 e. The Balaban J connectivity index is 4.02. The fraction of sp³-hybridized carbons (Fsp3) is 0.667. The number of methoxy groups -OCH3 is 2. The van der Waals surface area contributed by atoms with E-state index in [-0.39, 0.29) is 0 Å². The molecule has 0 aromatic heterocycles. The Kier molecular flexibility index (Phi) is 4.23. The van der Waals surface area contributed by atoms with Gasteiger partial charge in [-0.3, -0.25) is 0 Å². The Hall–Kier alpha value is -1.10. The zero-order chi connectivity index (χ0) is 7.98. The topological polar surface area (TPSA) is 66.0 Å². The van der Waals surface area contributed by atoms with Gasteiger partial charge < -0.3 is 9.47 Å². The lowest BCUT2D eigenvalue weighted by Gasteiger charge is -2.10. The molecule has 2 unspecified atom stereocenters. The van der Waals surface area contributed by atoms with Gasteiger partial charge in [0.2, 0.25) is 0 Å². The van der Waals surface area contributed by atoms with Gasteiger partial charge in [0.15, 0.2) is 12.2 Å². The molecule has 0 saturated carbocycles. The van der Waals surface area contributed by atoms with E-state index in [1.165, 1.54) is 14.2 Å². The van der Waals surface area contributed by atoms with Crippen molar-refractivity contribution in [1.29, 1.82) is 10.5 Å². The molecule has 0 radical (unpaired) electrons. The van der Waals surface area contributed by atoms with Crippen LogP contribution in [0.15, 0.2) is 0 Å². The normalized spacial score (nSPS) is 14.8. The van der Waals surface area contributed by atoms with Crippen LogP contribution < -0.4 is 0 Å². The monoisotopic (exact) mass is 140 g/mol. The third-order valence-corrected chi connectivity index (χ3v) is 1.04. The molecule has 0 heterocycles. The van der Waals surface area contributed by atoms with Crippen LogP contribution in [0.2, 0.25) is 0 Å². The van der Waals surface area contributed by atoms with Crippen molar-refractivity contribution in [1.82, 2.24) is 0 Å². The summed E-state index contributed by atoms with van der Waals surface area (Å²) < 4.78 is 9.27. The summed E-state index contributed by atoms with van der Waals surface area (Å²) in [6.45, 7) is 0. The molecule has 0 aliphatic carbocycles. The first-order chi connectivity index (χ1) is 4.79. The first-order valence-corrected chi connectivity index (χ1v) is 2.65. The lowest BCUT2D eigenvalue weighted by molar-refractivity contribution is 0.0232. The predicted octanol–water partition coefficient (Wildman–Crippen LogP) is 0.0636. The third-order valence-electron chi connectivity index (χ3n) is 1.04. The van der Waals surface area contributed by atoms with E-state index in [4.69, 9.17) is 10.5 Å². The average molecular weight is 140 g/mol. The predicted molar refractivity (Wildman–Crippen MR) is 32.8 cm³/mol. The summed E-state index contributed by atoms with van der Waals surface area (Å²) in [5.41, 5.74) is 0. The highest BCUT2D eigenvalue weighted by Crippen LogP contribution is 1.98. The van der Waals surface area contributed by atoms with E-state index in [0.717, 1.165) is 0 Å². The van der Waals surface area contributed by atoms with Crippen molar-refractivity contribution in [3.8, 4) is 12.1 Å². The van der Waals surface area contributed by atoms with Gasteiger partial charge in [-0.05, 0) is 0 Å². The second-order valence-corrected chi connectivity index (χ2v) is 1.57. The van der Waals surface area contributed by atoms with Crippen molar-refractivity contribution in [3.63, 3.8) is 0 Å². The summed E-state index contributed by atoms with van der Waals surface area (Å²) in [6.07, 6.45) is -1.59. The Morgan fingerprint density at radius 2 is 1.30 bits per heavy atom. The smallest absolute Gasteiger partial charge is 0.182 e. The highest BCUT2D eigenvalue weighted by atomic mass is 16.5. The number of hydrogen-bond donors (Lipinski definition) is 0. The largest absolute Gasteiger partial charge is 0.363 e. The van der Waals surface area contributed by atoms with Crippen LogP contribution in [-0.4, -0.2) is 26.4 Å².